The third-order valence-corrected chi connectivity index (χ3v) is 3.67. The van der Waals surface area contributed by atoms with Gasteiger partial charge in [0.05, 0.1) is 12.2 Å². The Bertz CT molecular complexity index is 393. The molecule has 0 aromatic heterocycles. The Morgan fingerprint density at radius 1 is 1.53 bits per heavy atom. The molecule has 1 aliphatic rings. The smallest absolute Gasteiger partial charge is 0.126 e. The summed E-state index contributed by atoms with van der Waals surface area (Å²) in [6.07, 6.45) is 1.66. The van der Waals surface area contributed by atoms with Crippen LogP contribution >= 0.6 is 15.9 Å². The second-order valence-corrected chi connectivity index (χ2v) is 5.46. The lowest BCUT2D eigenvalue weighted by atomic mass is 10.0. The molecular formula is C13H16BrFO2. The van der Waals surface area contributed by atoms with E-state index in [1.165, 1.54) is 6.07 Å². The van der Waals surface area contributed by atoms with Crippen molar-refractivity contribution in [1.82, 2.24) is 0 Å². The van der Waals surface area contributed by atoms with Crippen molar-refractivity contribution in [3.05, 3.63) is 34.1 Å². The van der Waals surface area contributed by atoms with Gasteiger partial charge in [-0.3, -0.25) is 0 Å². The fourth-order valence-corrected chi connectivity index (χ4v) is 2.54. The van der Waals surface area contributed by atoms with Crippen LogP contribution in [0, 0.1) is 11.7 Å². The Hall–Kier alpha value is -0.450. The molecule has 1 aromatic rings. The minimum atomic E-state index is -0.642. The number of aliphatic hydroxyl groups is 1. The van der Waals surface area contributed by atoms with E-state index < -0.39 is 6.10 Å². The highest BCUT2D eigenvalue weighted by molar-refractivity contribution is 9.10. The first-order valence-electron chi connectivity index (χ1n) is 5.76. The highest BCUT2D eigenvalue weighted by atomic mass is 79.9. The molecule has 94 valence electrons. The van der Waals surface area contributed by atoms with Gasteiger partial charge in [0.15, 0.2) is 0 Å². The van der Waals surface area contributed by atoms with Crippen molar-refractivity contribution in [2.24, 2.45) is 5.92 Å². The second-order valence-electron chi connectivity index (χ2n) is 4.54. The third kappa shape index (κ3) is 3.27. The van der Waals surface area contributed by atoms with Gasteiger partial charge in [-0.2, -0.15) is 0 Å². The van der Waals surface area contributed by atoms with Gasteiger partial charge in [0.25, 0.3) is 0 Å². The zero-order chi connectivity index (χ0) is 12.4. The van der Waals surface area contributed by atoms with Gasteiger partial charge < -0.3 is 9.84 Å². The van der Waals surface area contributed by atoms with Crippen molar-refractivity contribution in [2.75, 3.05) is 7.11 Å². The van der Waals surface area contributed by atoms with Gasteiger partial charge in [0, 0.05) is 18.0 Å². The molecule has 1 aromatic carbocycles. The number of methoxy groups -OCH3 is 1. The van der Waals surface area contributed by atoms with Crippen LogP contribution in [0.3, 0.4) is 0 Å². The topological polar surface area (TPSA) is 29.5 Å². The summed E-state index contributed by atoms with van der Waals surface area (Å²) in [5, 5.41) is 10.1. The first-order valence-corrected chi connectivity index (χ1v) is 6.56. The Labute approximate surface area is 109 Å². The molecule has 2 rings (SSSR count). The van der Waals surface area contributed by atoms with Gasteiger partial charge in [-0.1, -0.05) is 15.9 Å². The van der Waals surface area contributed by atoms with Crippen molar-refractivity contribution >= 4 is 15.9 Å². The van der Waals surface area contributed by atoms with Crippen LogP contribution in [-0.4, -0.2) is 24.4 Å². The van der Waals surface area contributed by atoms with E-state index in [2.05, 4.69) is 15.9 Å². The molecule has 0 spiro atoms. The summed E-state index contributed by atoms with van der Waals surface area (Å²) in [6, 6.07) is 4.77. The van der Waals surface area contributed by atoms with E-state index in [9.17, 15) is 9.50 Å². The number of hydrogen-bond acceptors (Lipinski definition) is 2. The van der Waals surface area contributed by atoms with E-state index in [0.717, 1.165) is 17.3 Å². The maximum Gasteiger partial charge on any atom is 0.126 e. The van der Waals surface area contributed by atoms with E-state index >= 15 is 0 Å². The van der Waals surface area contributed by atoms with Crippen molar-refractivity contribution in [3.8, 4) is 0 Å². The van der Waals surface area contributed by atoms with Gasteiger partial charge in [-0.15, -0.1) is 0 Å². The summed E-state index contributed by atoms with van der Waals surface area (Å²) < 4.78 is 19.7. The number of rotatable bonds is 5. The molecular weight excluding hydrogens is 287 g/mol. The molecule has 0 radical (unpaired) electrons. The van der Waals surface area contributed by atoms with Crippen LogP contribution in [0.5, 0.6) is 0 Å². The first kappa shape index (κ1) is 13.0. The maximum atomic E-state index is 13.5. The molecule has 2 nitrogen and oxygen atoms in total. The van der Waals surface area contributed by atoms with Crippen molar-refractivity contribution < 1.29 is 14.2 Å². The molecule has 0 amide bonds. The summed E-state index contributed by atoms with van der Waals surface area (Å²) in [4.78, 5) is 0. The Kier molecular flexibility index (Phi) is 4.17. The molecule has 1 N–H and O–H groups in total. The molecule has 0 heterocycles. The SMILES string of the molecule is COC(C(O)Cc1cc(Br)ccc1F)C1CC1. The summed E-state index contributed by atoms with van der Waals surface area (Å²) >= 11 is 3.30. The molecule has 1 fully saturated rings. The normalized spacial score (nSPS) is 19.1. The zero-order valence-electron chi connectivity index (χ0n) is 9.70. The molecule has 0 saturated heterocycles. The predicted molar refractivity (Wildman–Crippen MR) is 67.3 cm³/mol. The van der Waals surface area contributed by atoms with Crippen LogP contribution in [-0.2, 0) is 11.2 Å². The predicted octanol–water partition coefficient (Wildman–Crippen LogP) is 2.92. The lowest BCUT2D eigenvalue weighted by Crippen LogP contribution is -2.32. The van der Waals surface area contributed by atoms with Gasteiger partial charge in [-0.05, 0) is 42.5 Å². The van der Waals surface area contributed by atoms with E-state index in [-0.39, 0.29) is 11.9 Å². The van der Waals surface area contributed by atoms with Crippen LogP contribution < -0.4 is 0 Å². The van der Waals surface area contributed by atoms with Gasteiger partial charge in [0.1, 0.15) is 5.82 Å². The molecule has 17 heavy (non-hydrogen) atoms. The average molecular weight is 303 g/mol. The fourth-order valence-electron chi connectivity index (χ4n) is 2.13. The summed E-state index contributed by atoms with van der Waals surface area (Å²) in [7, 11) is 1.60. The third-order valence-electron chi connectivity index (χ3n) is 3.17. The quantitative estimate of drug-likeness (QED) is 0.906. The molecule has 1 saturated carbocycles. The number of aliphatic hydroxyl groups excluding tert-OH is 1. The first-order chi connectivity index (χ1) is 8.11. The molecule has 0 bridgehead atoms. The van der Waals surface area contributed by atoms with E-state index in [1.807, 2.05) is 0 Å². The van der Waals surface area contributed by atoms with Crippen LogP contribution in [0.15, 0.2) is 22.7 Å². The standard InChI is InChI=1S/C13H16BrFO2/c1-17-13(8-2-3-8)12(16)7-9-6-10(14)4-5-11(9)15/h4-6,8,12-13,16H,2-3,7H2,1H3. The highest BCUT2D eigenvalue weighted by Crippen LogP contribution is 2.36. The number of hydrogen-bond donors (Lipinski definition) is 1. The lowest BCUT2D eigenvalue weighted by Gasteiger charge is -2.21. The van der Waals surface area contributed by atoms with Crippen LogP contribution in [0.2, 0.25) is 0 Å². The fraction of sp³-hybridized carbons (Fsp3) is 0.538. The van der Waals surface area contributed by atoms with E-state index in [1.54, 1.807) is 19.2 Å². The van der Waals surface area contributed by atoms with E-state index in [4.69, 9.17) is 4.74 Å². The average Bonchev–Trinajstić information content (AvgIpc) is 3.09. The highest BCUT2D eigenvalue weighted by Gasteiger charge is 2.36. The largest absolute Gasteiger partial charge is 0.390 e. The monoisotopic (exact) mass is 302 g/mol. The van der Waals surface area contributed by atoms with Gasteiger partial charge in [0.2, 0.25) is 0 Å². The Balaban J connectivity index is 2.05. The van der Waals surface area contributed by atoms with Crippen molar-refractivity contribution in [3.63, 3.8) is 0 Å². The van der Waals surface area contributed by atoms with Crippen molar-refractivity contribution in [1.29, 1.82) is 0 Å². The van der Waals surface area contributed by atoms with Crippen LogP contribution in [0.1, 0.15) is 18.4 Å². The Morgan fingerprint density at radius 3 is 2.82 bits per heavy atom. The summed E-state index contributed by atoms with van der Waals surface area (Å²) in [6.45, 7) is 0. The summed E-state index contributed by atoms with van der Waals surface area (Å²) in [5.41, 5.74) is 0.523. The van der Waals surface area contributed by atoms with Crippen LogP contribution in [0.25, 0.3) is 0 Å². The molecule has 4 heteroatoms. The number of benzene rings is 1. The number of halogens is 2. The molecule has 0 aliphatic heterocycles. The minimum Gasteiger partial charge on any atom is -0.390 e. The zero-order valence-corrected chi connectivity index (χ0v) is 11.3. The minimum absolute atomic E-state index is 0.173. The van der Waals surface area contributed by atoms with Crippen LogP contribution in [0.4, 0.5) is 4.39 Å². The van der Waals surface area contributed by atoms with Crippen molar-refractivity contribution in [2.45, 2.75) is 31.5 Å². The van der Waals surface area contributed by atoms with Gasteiger partial charge in [-0.25, -0.2) is 4.39 Å². The maximum absolute atomic E-state index is 13.5. The molecule has 1 aliphatic carbocycles. The lowest BCUT2D eigenvalue weighted by molar-refractivity contribution is -0.0241. The second kappa shape index (κ2) is 5.46. The summed E-state index contributed by atoms with van der Waals surface area (Å²) in [5.74, 6) is 0.156. The van der Waals surface area contributed by atoms with E-state index in [0.29, 0.717) is 17.9 Å². The number of ether oxygens (including phenoxy) is 1. The molecule has 2 atom stereocenters. The van der Waals surface area contributed by atoms with Gasteiger partial charge >= 0.3 is 0 Å². The Morgan fingerprint density at radius 2 is 2.24 bits per heavy atom. The molecule has 2 unspecified atom stereocenters.